The number of esters is 2. The summed E-state index contributed by atoms with van der Waals surface area (Å²) < 4.78 is 48.5. The molecule has 1 atom stereocenters. The molecule has 0 heterocycles. The standard InChI is InChI=1S/C26H27NO10S/c1-25(2,3)15-26(27,37-38(32,33)34)18-12-21(35-23(30)16-4-8-19(28)9-5-16)14-22(13-18)36-24(31)17-6-10-20(29)11-7-17/h4-14,28-29H,15,27H2,1-3H3,(H,32,33,34). The van der Waals surface area contributed by atoms with E-state index in [2.05, 4.69) is 0 Å². The Kier molecular flexibility index (Phi) is 8.12. The predicted molar refractivity (Wildman–Crippen MR) is 135 cm³/mol. The molecule has 0 aliphatic carbocycles. The normalized spacial score (nSPS) is 13.4. The molecule has 3 rings (SSSR count). The van der Waals surface area contributed by atoms with Crippen molar-refractivity contribution in [3.8, 4) is 23.0 Å². The maximum atomic E-state index is 12.7. The van der Waals surface area contributed by atoms with Crippen molar-refractivity contribution in [3.05, 3.63) is 83.4 Å². The summed E-state index contributed by atoms with van der Waals surface area (Å²) in [5.41, 5.74) is 3.64. The third-order valence-corrected chi connectivity index (χ3v) is 5.55. The molecule has 0 fully saturated rings. The lowest BCUT2D eigenvalue weighted by molar-refractivity contribution is 0.0240. The van der Waals surface area contributed by atoms with Gasteiger partial charge in [0.1, 0.15) is 23.0 Å². The van der Waals surface area contributed by atoms with E-state index in [9.17, 15) is 32.8 Å². The smallest absolute Gasteiger partial charge is 0.399 e. The van der Waals surface area contributed by atoms with Gasteiger partial charge in [-0.1, -0.05) is 20.8 Å². The van der Waals surface area contributed by atoms with E-state index in [1.807, 2.05) is 0 Å². The molecule has 0 aliphatic rings. The molecule has 1 unspecified atom stereocenters. The number of phenols is 2. The molecule has 0 saturated carbocycles. The fourth-order valence-corrected chi connectivity index (χ4v) is 4.15. The van der Waals surface area contributed by atoms with Crippen molar-refractivity contribution in [3.63, 3.8) is 0 Å². The van der Waals surface area contributed by atoms with Crippen molar-refractivity contribution in [1.82, 2.24) is 0 Å². The molecule has 3 aromatic carbocycles. The monoisotopic (exact) mass is 545 g/mol. The Bertz CT molecular complexity index is 1350. The Morgan fingerprint density at radius 1 is 0.789 bits per heavy atom. The van der Waals surface area contributed by atoms with E-state index in [0.29, 0.717) is 0 Å². The van der Waals surface area contributed by atoms with E-state index in [-0.39, 0.29) is 46.1 Å². The molecule has 12 heteroatoms. The highest BCUT2D eigenvalue weighted by molar-refractivity contribution is 7.80. The quantitative estimate of drug-likeness (QED) is 0.139. The lowest BCUT2D eigenvalue weighted by Gasteiger charge is -2.34. The number of aromatic hydroxyl groups is 2. The SMILES string of the molecule is CC(C)(C)CC(N)(OS(=O)(=O)O)c1cc(OC(=O)c2ccc(O)cc2)cc(OC(=O)c2ccc(O)cc2)c1. The second-order valence-electron chi connectivity index (χ2n) is 9.70. The predicted octanol–water partition coefficient (Wildman–Crippen LogP) is 3.90. The average molecular weight is 546 g/mol. The molecule has 0 radical (unpaired) electrons. The lowest BCUT2D eigenvalue weighted by atomic mass is 9.83. The van der Waals surface area contributed by atoms with Crippen molar-refractivity contribution in [1.29, 1.82) is 0 Å². The number of ether oxygens (including phenoxy) is 2. The van der Waals surface area contributed by atoms with Crippen molar-refractivity contribution in [2.75, 3.05) is 0 Å². The van der Waals surface area contributed by atoms with Gasteiger partial charge < -0.3 is 19.7 Å². The van der Waals surface area contributed by atoms with E-state index in [1.165, 1.54) is 66.7 Å². The molecule has 0 aromatic heterocycles. The van der Waals surface area contributed by atoms with Gasteiger partial charge in [0.15, 0.2) is 5.72 Å². The molecule has 0 amide bonds. The Morgan fingerprint density at radius 2 is 1.18 bits per heavy atom. The van der Waals surface area contributed by atoms with Crippen LogP contribution in [0.4, 0.5) is 0 Å². The number of benzene rings is 3. The first-order valence-electron chi connectivity index (χ1n) is 11.2. The molecule has 0 aliphatic heterocycles. The van der Waals surface area contributed by atoms with Crippen LogP contribution in [0.3, 0.4) is 0 Å². The first-order chi connectivity index (χ1) is 17.5. The molecule has 11 nitrogen and oxygen atoms in total. The molecular formula is C26H27NO10S. The Labute approximate surface area is 219 Å². The van der Waals surface area contributed by atoms with Crippen LogP contribution >= 0.6 is 0 Å². The number of rotatable bonds is 8. The summed E-state index contributed by atoms with van der Waals surface area (Å²) in [5.74, 6) is -2.18. The lowest BCUT2D eigenvalue weighted by Crippen LogP contribution is -2.44. The third kappa shape index (κ3) is 8.02. The van der Waals surface area contributed by atoms with Crippen molar-refractivity contribution in [2.24, 2.45) is 11.1 Å². The number of carbonyl (C=O) groups excluding carboxylic acids is 2. The summed E-state index contributed by atoms with van der Waals surface area (Å²) >= 11 is 0. The van der Waals surface area contributed by atoms with Crippen LogP contribution in [0.5, 0.6) is 23.0 Å². The fraction of sp³-hybridized carbons (Fsp3) is 0.231. The van der Waals surface area contributed by atoms with E-state index < -0.39 is 33.5 Å². The zero-order valence-electron chi connectivity index (χ0n) is 20.7. The van der Waals surface area contributed by atoms with Crippen LogP contribution < -0.4 is 15.2 Å². The zero-order chi connectivity index (χ0) is 28.3. The Hall–Kier alpha value is -3.97. The van der Waals surface area contributed by atoms with Crippen LogP contribution in [0.2, 0.25) is 0 Å². The third-order valence-electron chi connectivity index (χ3n) is 5.04. The number of carbonyl (C=O) groups is 2. The maximum Gasteiger partial charge on any atom is 0.399 e. The summed E-state index contributed by atoms with van der Waals surface area (Å²) in [6.45, 7) is 5.26. The van der Waals surface area contributed by atoms with Gasteiger partial charge in [0.2, 0.25) is 0 Å². The number of hydrogen-bond donors (Lipinski definition) is 4. The summed E-state index contributed by atoms with van der Waals surface area (Å²) in [6, 6.07) is 14.0. The van der Waals surface area contributed by atoms with Crippen LogP contribution in [0, 0.1) is 5.41 Å². The van der Waals surface area contributed by atoms with E-state index in [1.54, 1.807) is 20.8 Å². The minimum atomic E-state index is -5.06. The highest BCUT2D eigenvalue weighted by atomic mass is 32.3. The second-order valence-corrected chi connectivity index (χ2v) is 10.7. The van der Waals surface area contributed by atoms with Gasteiger partial charge in [-0.25, -0.2) is 13.8 Å². The summed E-state index contributed by atoms with van der Waals surface area (Å²) in [5, 5.41) is 18.9. The Morgan fingerprint density at radius 3 is 1.53 bits per heavy atom. The topological polar surface area (TPSA) is 183 Å². The van der Waals surface area contributed by atoms with Gasteiger partial charge in [0.05, 0.1) is 11.1 Å². The van der Waals surface area contributed by atoms with Crippen molar-refractivity contribution in [2.45, 2.75) is 32.9 Å². The van der Waals surface area contributed by atoms with Gasteiger partial charge in [-0.05, 0) is 66.1 Å². The van der Waals surface area contributed by atoms with Gasteiger partial charge in [0, 0.05) is 18.1 Å². The van der Waals surface area contributed by atoms with E-state index in [0.717, 1.165) is 0 Å². The number of hydrogen-bond acceptors (Lipinski definition) is 10. The van der Waals surface area contributed by atoms with Gasteiger partial charge in [0.25, 0.3) is 0 Å². The minimum Gasteiger partial charge on any atom is -0.508 e. The molecule has 38 heavy (non-hydrogen) atoms. The molecular weight excluding hydrogens is 518 g/mol. The largest absolute Gasteiger partial charge is 0.508 e. The minimum absolute atomic E-state index is 0.0653. The zero-order valence-corrected chi connectivity index (χ0v) is 21.6. The first kappa shape index (κ1) is 28.6. The highest BCUT2D eigenvalue weighted by Gasteiger charge is 2.39. The summed E-state index contributed by atoms with van der Waals surface area (Å²) in [4.78, 5) is 25.4. The van der Waals surface area contributed by atoms with Crippen LogP contribution in [-0.4, -0.2) is 35.1 Å². The van der Waals surface area contributed by atoms with Gasteiger partial charge in [-0.2, -0.15) is 8.42 Å². The molecule has 0 bridgehead atoms. The molecule has 3 aromatic rings. The van der Waals surface area contributed by atoms with E-state index in [4.69, 9.17) is 19.4 Å². The van der Waals surface area contributed by atoms with Crippen LogP contribution in [-0.2, 0) is 20.3 Å². The molecule has 202 valence electrons. The van der Waals surface area contributed by atoms with Crippen LogP contribution in [0.15, 0.2) is 66.7 Å². The van der Waals surface area contributed by atoms with E-state index >= 15 is 0 Å². The van der Waals surface area contributed by atoms with Gasteiger partial charge >= 0.3 is 22.3 Å². The van der Waals surface area contributed by atoms with Crippen molar-refractivity contribution >= 4 is 22.3 Å². The van der Waals surface area contributed by atoms with Crippen LogP contribution in [0.25, 0.3) is 0 Å². The summed E-state index contributed by atoms with van der Waals surface area (Å²) in [6.07, 6.45) is -0.138. The summed E-state index contributed by atoms with van der Waals surface area (Å²) in [7, 11) is -5.06. The number of nitrogens with two attached hydrogens (primary N) is 1. The van der Waals surface area contributed by atoms with Gasteiger partial charge in [-0.15, -0.1) is 0 Å². The highest BCUT2D eigenvalue weighted by Crippen LogP contribution is 2.38. The maximum absolute atomic E-state index is 12.7. The molecule has 0 spiro atoms. The first-order valence-corrected chi connectivity index (χ1v) is 12.5. The number of phenolic OH excluding ortho intramolecular Hbond substituents is 2. The molecule has 5 N–H and O–H groups in total. The Balaban J connectivity index is 2.07. The fourth-order valence-electron chi connectivity index (χ4n) is 3.62. The second kappa shape index (κ2) is 10.8. The molecule has 0 saturated heterocycles. The average Bonchev–Trinajstić information content (AvgIpc) is 2.77. The van der Waals surface area contributed by atoms with Crippen LogP contribution in [0.1, 0.15) is 53.5 Å². The van der Waals surface area contributed by atoms with Crippen molar-refractivity contribution < 1.29 is 46.4 Å². The van der Waals surface area contributed by atoms with Gasteiger partial charge in [-0.3, -0.25) is 10.3 Å².